The number of halogens is 1. The van der Waals surface area contributed by atoms with E-state index in [-0.39, 0.29) is 22.9 Å². The smallest absolute Gasteiger partial charge is 0.300 e. The lowest BCUT2D eigenvalue weighted by Crippen LogP contribution is -2.49. The number of anilines is 1. The van der Waals surface area contributed by atoms with Crippen molar-refractivity contribution in [3.63, 3.8) is 0 Å². The van der Waals surface area contributed by atoms with Gasteiger partial charge < -0.3 is 9.80 Å². The maximum absolute atomic E-state index is 14.0. The van der Waals surface area contributed by atoms with Gasteiger partial charge in [-0.3, -0.25) is 18.6 Å². The van der Waals surface area contributed by atoms with Crippen LogP contribution >= 0.6 is 0 Å². The lowest BCUT2D eigenvalue weighted by molar-refractivity contribution is -0.131. The van der Waals surface area contributed by atoms with Crippen molar-refractivity contribution in [1.29, 1.82) is 0 Å². The average molecular weight is 489 g/mol. The number of carbonyl (C=O) groups excluding carboxylic acids is 1. The molecule has 2 aromatic carbocycles. The van der Waals surface area contributed by atoms with Crippen molar-refractivity contribution in [1.82, 2.24) is 24.1 Å². The Morgan fingerprint density at radius 3 is 2.50 bits per heavy atom. The Morgan fingerprint density at radius 2 is 1.75 bits per heavy atom. The summed E-state index contributed by atoms with van der Waals surface area (Å²) >= 11 is 0. The Kier molecular flexibility index (Phi) is 6.54. The van der Waals surface area contributed by atoms with Gasteiger partial charge in [0.05, 0.1) is 5.69 Å². The molecule has 36 heavy (non-hydrogen) atoms. The van der Waals surface area contributed by atoms with Gasteiger partial charge in [-0.05, 0) is 55.7 Å². The van der Waals surface area contributed by atoms with Crippen LogP contribution in [0.25, 0.3) is 11.3 Å². The summed E-state index contributed by atoms with van der Waals surface area (Å²) < 4.78 is 17.3. The first-order chi connectivity index (χ1) is 17.4. The SMILES string of the molecule is Cc1ccc(-n2ccn3c(CCCC(=O)N4CCN(c5ccccc5F)CC4)nnc3c2=O)cc1C. The molecule has 3 heterocycles. The second-order valence-electron chi connectivity index (χ2n) is 9.22. The molecule has 0 aliphatic carbocycles. The average Bonchev–Trinajstić information content (AvgIpc) is 3.30. The number of amides is 1. The van der Waals surface area contributed by atoms with Crippen LogP contribution in [-0.4, -0.2) is 56.2 Å². The first-order valence-electron chi connectivity index (χ1n) is 12.2. The number of aromatic nitrogens is 4. The highest BCUT2D eigenvalue weighted by Gasteiger charge is 2.22. The fraction of sp³-hybridized carbons (Fsp3) is 0.333. The molecule has 1 saturated heterocycles. The highest BCUT2D eigenvalue weighted by Crippen LogP contribution is 2.20. The summed E-state index contributed by atoms with van der Waals surface area (Å²) in [6, 6.07) is 12.6. The predicted molar refractivity (Wildman–Crippen MR) is 136 cm³/mol. The van der Waals surface area contributed by atoms with E-state index < -0.39 is 0 Å². The number of rotatable bonds is 6. The van der Waals surface area contributed by atoms with Gasteiger partial charge in [-0.25, -0.2) is 4.39 Å². The Hall–Kier alpha value is -4.01. The van der Waals surface area contributed by atoms with Gasteiger partial charge in [-0.1, -0.05) is 18.2 Å². The lowest BCUT2D eigenvalue weighted by atomic mass is 10.1. The zero-order valence-electron chi connectivity index (χ0n) is 20.5. The van der Waals surface area contributed by atoms with Crippen LogP contribution < -0.4 is 10.5 Å². The molecule has 4 aromatic rings. The lowest BCUT2D eigenvalue weighted by Gasteiger charge is -2.36. The van der Waals surface area contributed by atoms with Crippen molar-refractivity contribution in [3.05, 3.63) is 88.0 Å². The number of piperazine rings is 1. The van der Waals surface area contributed by atoms with E-state index in [1.54, 1.807) is 33.5 Å². The maximum Gasteiger partial charge on any atom is 0.300 e. The summed E-state index contributed by atoms with van der Waals surface area (Å²) in [7, 11) is 0. The molecule has 1 fully saturated rings. The quantitative estimate of drug-likeness (QED) is 0.416. The van der Waals surface area contributed by atoms with Gasteiger partial charge in [-0.15, -0.1) is 10.2 Å². The highest BCUT2D eigenvalue weighted by atomic mass is 19.1. The molecule has 0 bridgehead atoms. The number of benzene rings is 2. The fourth-order valence-corrected chi connectivity index (χ4v) is 4.64. The number of para-hydroxylation sites is 1. The third-order valence-corrected chi connectivity index (χ3v) is 6.93. The van der Waals surface area contributed by atoms with Gasteiger partial charge in [0, 0.05) is 57.1 Å². The number of nitrogens with zero attached hydrogens (tertiary/aromatic N) is 6. The van der Waals surface area contributed by atoms with E-state index in [2.05, 4.69) is 10.2 Å². The zero-order chi connectivity index (χ0) is 25.2. The second kappa shape index (κ2) is 9.93. The molecule has 1 aliphatic heterocycles. The molecule has 8 nitrogen and oxygen atoms in total. The molecule has 1 amide bonds. The van der Waals surface area contributed by atoms with Crippen LogP contribution in [0.15, 0.2) is 59.7 Å². The minimum Gasteiger partial charge on any atom is -0.366 e. The van der Waals surface area contributed by atoms with E-state index in [4.69, 9.17) is 0 Å². The topological polar surface area (TPSA) is 75.7 Å². The predicted octanol–water partition coefficient (Wildman–Crippen LogP) is 3.31. The van der Waals surface area contributed by atoms with Crippen molar-refractivity contribution in [2.75, 3.05) is 31.1 Å². The van der Waals surface area contributed by atoms with Crippen molar-refractivity contribution in [2.45, 2.75) is 33.1 Å². The normalized spacial score (nSPS) is 14.0. The van der Waals surface area contributed by atoms with E-state index in [1.807, 2.05) is 47.9 Å². The van der Waals surface area contributed by atoms with E-state index in [1.165, 1.54) is 11.6 Å². The zero-order valence-corrected chi connectivity index (χ0v) is 20.5. The van der Waals surface area contributed by atoms with Gasteiger partial charge in [0.1, 0.15) is 11.6 Å². The van der Waals surface area contributed by atoms with Crippen molar-refractivity contribution in [2.24, 2.45) is 0 Å². The maximum atomic E-state index is 14.0. The van der Waals surface area contributed by atoms with E-state index >= 15 is 0 Å². The third-order valence-electron chi connectivity index (χ3n) is 6.93. The Balaban J connectivity index is 1.19. The number of fused-ring (bicyclic) bond motifs is 1. The van der Waals surface area contributed by atoms with Crippen LogP contribution in [0, 0.1) is 19.7 Å². The molecule has 186 valence electrons. The van der Waals surface area contributed by atoms with Gasteiger partial charge in [0.2, 0.25) is 11.6 Å². The van der Waals surface area contributed by atoms with Gasteiger partial charge in [-0.2, -0.15) is 0 Å². The summed E-state index contributed by atoms with van der Waals surface area (Å²) in [4.78, 5) is 29.6. The molecular weight excluding hydrogens is 459 g/mol. The Labute approximate surface area is 208 Å². The van der Waals surface area contributed by atoms with Crippen LogP contribution in [0.4, 0.5) is 10.1 Å². The molecule has 0 N–H and O–H groups in total. The number of hydrogen-bond acceptors (Lipinski definition) is 5. The minimum absolute atomic E-state index is 0.0779. The fourth-order valence-electron chi connectivity index (χ4n) is 4.64. The summed E-state index contributed by atoms with van der Waals surface area (Å²) in [5.41, 5.74) is 3.68. The molecular formula is C27H29FN6O2. The molecule has 1 aliphatic rings. The van der Waals surface area contributed by atoms with Crippen LogP contribution in [-0.2, 0) is 11.2 Å². The molecule has 0 saturated carbocycles. The van der Waals surface area contributed by atoms with E-state index in [0.29, 0.717) is 57.0 Å². The number of hydrogen-bond donors (Lipinski definition) is 0. The van der Waals surface area contributed by atoms with Crippen LogP contribution in [0.5, 0.6) is 0 Å². The number of carbonyl (C=O) groups is 1. The molecule has 2 aromatic heterocycles. The highest BCUT2D eigenvalue weighted by molar-refractivity contribution is 5.76. The first kappa shape index (κ1) is 23.7. The Morgan fingerprint density at radius 1 is 0.972 bits per heavy atom. The van der Waals surface area contributed by atoms with E-state index in [0.717, 1.165) is 11.3 Å². The second-order valence-corrected chi connectivity index (χ2v) is 9.22. The molecule has 0 unspecified atom stereocenters. The molecule has 0 radical (unpaired) electrons. The number of aryl methyl sites for hydroxylation is 3. The standard InChI is InChI=1S/C27H29FN6O2/c1-19-10-11-21(18-20(19)2)33-16-17-34-24(29-30-26(34)27(33)36)8-5-9-25(35)32-14-12-31(13-15-32)23-7-4-3-6-22(23)28/h3-4,6-7,10-11,16-18H,5,8-9,12-15H2,1-2H3. The van der Waals surface area contributed by atoms with Crippen molar-refractivity contribution < 1.29 is 9.18 Å². The van der Waals surface area contributed by atoms with Crippen molar-refractivity contribution >= 4 is 17.2 Å². The van der Waals surface area contributed by atoms with Gasteiger partial charge in [0.25, 0.3) is 0 Å². The molecule has 5 rings (SSSR count). The summed E-state index contributed by atoms with van der Waals surface area (Å²) in [5, 5.41) is 8.34. The first-order valence-corrected chi connectivity index (χ1v) is 12.2. The van der Waals surface area contributed by atoms with Crippen LogP contribution in [0.2, 0.25) is 0 Å². The Bertz CT molecular complexity index is 1470. The van der Waals surface area contributed by atoms with Crippen LogP contribution in [0.1, 0.15) is 29.8 Å². The molecule has 0 atom stereocenters. The summed E-state index contributed by atoms with van der Waals surface area (Å²) in [5.74, 6) is 0.499. The van der Waals surface area contributed by atoms with Gasteiger partial charge >= 0.3 is 5.56 Å². The van der Waals surface area contributed by atoms with Crippen molar-refractivity contribution in [3.8, 4) is 5.69 Å². The monoisotopic (exact) mass is 488 g/mol. The molecule has 0 spiro atoms. The third kappa shape index (κ3) is 4.60. The van der Waals surface area contributed by atoms with Gasteiger partial charge in [0.15, 0.2) is 0 Å². The largest absolute Gasteiger partial charge is 0.366 e. The van der Waals surface area contributed by atoms with Crippen LogP contribution in [0.3, 0.4) is 0 Å². The summed E-state index contributed by atoms with van der Waals surface area (Å²) in [6.07, 6.45) is 5.05. The van der Waals surface area contributed by atoms with E-state index in [9.17, 15) is 14.0 Å². The minimum atomic E-state index is -0.237. The molecule has 9 heteroatoms. The summed E-state index contributed by atoms with van der Waals surface area (Å²) in [6.45, 7) is 6.40.